The number of benzene rings is 1. The van der Waals surface area contributed by atoms with Crippen molar-refractivity contribution < 1.29 is 19.1 Å². The van der Waals surface area contributed by atoms with Crippen LogP contribution in [-0.2, 0) is 20.7 Å². The van der Waals surface area contributed by atoms with Gasteiger partial charge in [0, 0.05) is 25.6 Å². The Bertz CT molecular complexity index is 717. The van der Waals surface area contributed by atoms with Gasteiger partial charge < -0.3 is 4.74 Å². The van der Waals surface area contributed by atoms with Crippen LogP contribution >= 0.6 is 0 Å². The summed E-state index contributed by atoms with van der Waals surface area (Å²) in [6.07, 6.45) is 1.11. The molecule has 1 aliphatic carbocycles. The lowest BCUT2D eigenvalue weighted by atomic mass is 9.90. The Kier molecular flexibility index (Phi) is 6.18. The summed E-state index contributed by atoms with van der Waals surface area (Å²) in [5, 5.41) is 1.18. The summed E-state index contributed by atoms with van der Waals surface area (Å²) in [5.41, 5.74) is 3.75. The lowest BCUT2D eigenvalue weighted by Crippen LogP contribution is -2.44. The third-order valence-corrected chi connectivity index (χ3v) is 3.87. The van der Waals surface area contributed by atoms with Crippen LogP contribution in [0.2, 0.25) is 0 Å². The Morgan fingerprint density at radius 3 is 2.42 bits per heavy atom. The summed E-state index contributed by atoms with van der Waals surface area (Å²) in [7, 11) is 1.51. The monoisotopic (exact) mass is 358 g/mol. The molecule has 0 bridgehead atoms. The molecule has 6 heteroatoms. The Balaban J connectivity index is 2.18. The second-order valence-electron chi connectivity index (χ2n) is 7.37. The summed E-state index contributed by atoms with van der Waals surface area (Å²) >= 11 is 0. The molecule has 0 saturated heterocycles. The molecule has 0 atom stereocenters. The van der Waals surface area contributed by atoms with Crippen molar-refractivity contribution in [3.63, 3.8) is 0 Å². The van der Waals surface area contributed by atoms with Crippen LogP contribution in [0.15, 0.2) is 41.6 Å². The average molecular weight is 358 g/mol. The zero-order valence-corrected chi connectivity index (χ0v) is 15.8. The summed E-state index contributed by atoms with van der Waals surface area (Å²) in [5.74, 6) is -0.418. The fourth-order valence-corrected chi connectivity index (χ4v) is 2.73. The minimum Gasteiger partial charge on any atom is -0.442 e. The van der Waals surface area contributed by atoms with E-state index in [-0.39, 0.29) is 23.6 Å². The molecule has 2 rings (SSSR count). The summed E-state index contributed by atoms with van der Waals surface area (Å²) in [4.78, 5) is 37.2. The molecule has 0 saturated carbocycles. The number of nitrogens with zero attached hydrogens (tertiary/aromatic N) is 1. The van der Waals surface area contributed by atoms with Crippen molar-refractivity contribution in [3.8, 4) is 0 Å². The number of nitrogens with one attached hydrogen (secondary N) is 1. The van der Waals surface area contributed by atoms with Crippen LogP contribution in [0, 0.1) is 0 Å². The number of hydrogen-bond donors (Lipinski definition) is 1. The van der Waals surface area contributed by atoms with Crippen molar-refractivity contribution in [1.29, 1.82) is 0 Å². The SMILES string of the molecule is CN(NC1=C(C(=O)Cc2ccccc2)C(=O)CCC1)C(=O)OC(C)(C)C. The van der Waals surface area contributed by atoms with Gasteiger partial charge in [-0.2, -0.15) is 0 Å². The highest BCUT2D eigenvalue weighted by Crippen LogP contribution is 2.23. The Labute approximate surface area is 154 Å². The van der Waals surface area contributed by atoms with Crippen molar-refractivity contribution in [2.24, 2.45) is 0 Å². The molecule has 1 N–H and O–H groups in total. The molecule has 1 amide bonds. The van der Waals surface area contributed by atoms with Gasteiger partial charge >= 0.3 is 6.09 Å². The molecule has 0 aromatic heterocycles. The first-order valence-electron chi connectivity index (χ1n) is 8.74. The third kappa shape index (κ3) is 5.44. The van der Waals surface area contributed by atoms with Gasteiger partial charge in [-0.3, -0.25) is 15.0 Å². The van der Waals surface area contributed by atoms with E-state index in [1.807, 2.05) is 30.3 Å². The predicted molar refractivity (Wildman–Crippen MR) is 98.2 cm³/mol. The maximum Gasteiger partial charge on any atom is 0.428 e. The standard InChI is InChI=1S/C20H26N2O4/c1-20(2,3)26-19(25)22(4)21-15-11-8-12-16(23)18(15)17(24)13-14-9-6-5-7-10-14/h5-7,9-10,21H,8,11-13H2,1-4H3. The molecule has 1 aliphatic rings. The molecule has 0 heterocycles. The summed E-state index contributed by atoms with van der Waals surface area (Å²) < 4.78 is 5.29. The maximum atomic E-state index is 12.7. The number of allylic oxidation sites excluding steroid dienone is 2. The van der Waals surface area contributed by atoms with Crippen molar-refractivity contribution >= 4 is 17.7 Å². The molecule has 1 aromatic rings. The molecule has 6 nitrogen and oxygen atoms in total. The molecular weight excluding hydrogens is 332 g/mol. The van der Waals surface area contributed by atoms with E-state index >= 15 is 0 Å². The zero-order chi connectivity index (χ0) is 19.3. The number of ketones is 2. The number of rotatable bonds is 5. The first kappa shape index (κ1) is 19.7. The predicted octanol–water partition coefficient (Wildman–Crippen LogP) is 3.18. The highest BCUT2D eigenvalue weighted by Gasteiger charge is 2.28. The quantitative estimate of drug-likeness (QED) is 0.646. The smallest absolute Gasteiger partial charge is 0.428 e. The maximum absolute atomic E-state index is 12.7. The first-order chi connectivity index (χ1) is 12.2. The molecule has 0 radical (unpaired) electrons. The van der Waals surface area contributed by atoms with Gasteiger partial charge in [-0.15, -0.1) is 0 Å². The van der Waals surface area contributed by atoms with E-state index in [0.717, 1.165) is 5.56 Å². The molecule has 1 aromatic carbocycles. The van der Waals surface area contributed by atoms with Crippen molar-refractivity contribution in [1.82, 2.24) is 10.4 Å². The largest absolute Gasteiger partial charge is 0.442 e. The number of amides is 1. The highest BCUT2D eigenvalue weighted by atomic mass is 16.6. The van der Waals surface area contributed by atoms with Crippen LogP contribution in [-0.4, -0.2) is 35.3 Å². The van der Waals surface area contributed by atoms with E-state index in [2.05, 4.69) is 5.43 Å². The molecule has 0 aliphatic heterocycles. The third-order valence-electron chi connectivity index (χ3n) is 3.87. The minimum absolute atomic E-state index is 0.156. The van der Waals surface area contributed by atoms with Gasteiger partial charge in [-0.1, -0.05) is 30.3 Å². The van der Waals surface area contributed by atoms with Crippen LogP contribution in [0.3, 0.4) is 0 Å². The van der Waals surface area contributed by atoms with E-state index in [4.69, 9.17) is 4.74 Å². The molecular formula is C20H26N2O4. The van der Waals surface area contributed by atoms with Crippen molar-refractivity contribution in [2.75, 3.05) is 7.05 Å². The van der Waals surface area contributed by atoms with Crippen molar-refractivity contribution in [2.45, 2.75) is 52.1 Å². The van der Waals surface area contributed by atoms with Crippen LogP contribution in [0.5, 0.6) is 0 Å². The average Bonchev–Trinajstić information content (AvgIpc) is 2.54. The number of hydrazine groups is 1. The lowest BCUT2D eigenvalue weighted by molar-refractivity contribution is -0.121. The minimum atomic E-state index is -0.629. The number of ether oxygens (including phenoxy) is 1. The number of carbonyl (C=O) groups is 3. The Hall–Kier alpha value is -2.63. The van der Waals surface area contributed by atoms with E-state index in [1.54, 1.807) is 20.8 Å². The van der Waals surface area contributed by atoms with Crippen LogP contribution < -0.4 is 5.43 Å². The topological polar surface area (TPSA) is 75.7 Å². The molecule has 0 spiro atoms. The summed E-state index contributed by atoms with van der Waals surface area (Å²) in [6, 6.07) is 9.30. The zero-order valence-electron chi connectivity index (χ0n) is 15.8. The lowest BCUT2D eigenvalue weighted by Gasteiger charge is -2.28. The summed E-state index contributed by atoms with van der Waals surface area (Å²) in [6.45, 7) is 5.32. The van der Waals surface area contributed by atoms with E-state index in [9.17, 15) is 14.4 Å². The molecule has 140 valence electrons. The molecule has 0 fully saturated rings. The normalized spacial score (nSPS) is 14.8. The number of hydrogen-bond acceptors (Lipinski definition) is 5. The second-order valence-corrected chi connectivity index (χ2v) is 7.37. The number of carbonyl (C=O) groups excluding carboxylic acids is 3. The van der Waals surface area contributed by atoms with Gasteiger partial charge in [0.05, 0.1) is 5.57 Å². The van der Waals surface area contributed by atoms with E-state index in [0.29, 0.717) is 25.0 Å². The van der Waals surface area contributed by atoms with Gasteiger partial charge in [-0.25, -0.2) is 9.80 Å². The molecule has 26 heavy (non-hydrogen) atoms. The Morgan fingerprint density at radius 1 is 1.15 bits per heavy atom. The van der Waals surface area contributed by atoms with Gasteiger partial charge in [0.15, 0.2) is 11.6 Å². The second kappa shape index (κ2) is 8.17. The number of Topliss-reactive ketones (excluding diaryl/α,β-unsaturated/α-hetero) is 2. The fourth-order valence-electron chi connectivity index (χ4n) is 2.73. The highest BCUT2D eigenvalue weighted by molar-refractivity contribution is 6.21. The van der Waals surface area contributed by atoms with Crippen LogP contribution in [0.1, 0.15) is 45.6 Å². The van der Waals surface area contributed by atoms with Gasteiger partial charge in [-0.05, 0) is 39.2 Å². The molecule has 0 unspecified atom stereocenters. The van der Waals surface area contributed by atoms with Gasteiger partial charge in [0.25, 0.3) is 0 Å². The van der Waals surface area contributed by atoms with Crippen molar-refractivity contribution in [3.05, 3.63) is 47.2 Å². The van der Waals surface area contributed by atoms with E-state index in [1.165, 1.54) is 12.1 Å². The van der Waals surface area contributed by atoms with Gasteiger partial charge in [0.1, 0.15) is 5.60 Å². The first-order valence-corrected chi connectivity index (χ1v) is 8.74. The van der Waals surface area contributed by atoms with Crippen LogP contribution in [0.25, 0.3) is 0 Å². The van der Waals surface area contributed by atoms with Crippen LogP contribution in [0.4, 0.5) is 4.79 Å². The Morgan fingerprint density at radius 2 is 1.81 bits per heavy atom. The van der Waals surface area contributed by atoms with Gasteiger partial charge in [0.2, 0.25) is 0 Å². The van der Waals surface area contributed by atoms with E-state index < -0.39 is 11.7 Å². The fraction of sp³-hybridized carbons (Fsp3) is 0.450.